The van der Waals surface area contributed by atoms with Crippen LogP contribution in [0.1, 0.15) is 58.7 Å². The molecule has 0 aromatic carbocycles. The third kappa shape index (κ3) is 5.00. The summed E-state index contributed by atoms with van der Waals surface area (Å²) in [5.41, 5.74) is 1.35. The number of nitrogens with one attached hydrogen (secondary N) is 2. The Hall–Kier alpha value is -2.63. The average molecular weight is 452 g/mol. The molecule has 0 spiro atoms. The van der Waals surface area contributed by atoms with Crippen molar-refractivity contribution in [3.63, 3.8) is 0 Å². The van der Waals surface area contributed by atoms with E-state index in [2.05, 4.69) is 20.9 Å². The number of likely N-dealkylation sites (tertiary alicyclic amines) is 1. The van der Waals surface area contributed by atoms with E-state index in [0.717, 1.165) is 36.0 Å². The number of hydrogen-bond donors (Lipinski definition) is 2. The number of carbonyl (C=O) groups excluding carboxylic acids is 4. The summed E-state index contributed by atoms with van der Waals surface area (Å²) >= 11 is 1.16. The van der Waals surface area contributed by atoms with E-state index in [0.29, 0.717) is 43.5 Å². The van der Waals surface area contributed by atoms with Crippen molar-refractivity contribution in [1.29, 1.82) is 0 Å². The van der Waals surface area contributed by atoms with Crippen LogP contribution >= 0.6 is 11.8 Å². The van der Waals surface area contributed by atoms with Crippen LogP contribution in [0.3, 0.4) is 0 Å². The Morgan fingerprint density at radius 1 is 1.19 bits per heavy atom. The van der Waals surface area contributed by atoms with Gasteiger partial charge in [0.25, 0.3) is 5.91 Å². The predicted molar refractivity (Wildman–Crippen MR) is 113 cm³/mol. The van der Waals surface area contributed by atoms with Gasteiger partial charge in [-0.05, 0) is 33.1 Å². The maximum absolute atomic E-state index is 12.4. The molecular formula is C19H29N7O4S. The van der Waals surface area contributed by atoms with Crippen LogP contribution in [0.4, 0.5) is 4.79 Å². The van der Waals surface area contributed by atoms with Crippen molar-refractivity contribution in [2.45, 2.75) is 76.7 Å². The van der Waals surface area contributed by atoms with Gasteiger partial charge in [-0.3, -0.25) is 19.8 Å². The summed E-state index contributed by atoms with van der Waals surface area (Å²) in [7, 11) is 0. The summed E-state index contributed by atoms with van der Waals surface area (Å²) in [5.74, 6) is -0.221. The highest BCUT2D eigenvalue weighted by molar-refractivity contribution is 7.99. The minimum Gasteiger partial charge on any atom is -0.335 e. The molecule has 170 valence electrons. The second-order valence-corrected chi connectivity index (χ2v) is 8.79. The van der Waals surface area contributed by atoms with Crippen LogP contribution in [0.15, 0.2) is 5.16 Å². The zero-order valence-electron chi connectivity index (χ0n) is 18.1. The number of carbonyl (C=O) groups is 4. The van der Waals surface area contributed by atoms with Gasteiger partial charge in [0.15, 0.2) is 11.0 Å². The minimum absolute atomic E-state index is 0.0410. The van der Waals surface area contributed by atoms with Gasteiger partial charge in [0.1, 0.15) is 5.54 Å². The molecule has 0 radical (unpaired) electrons. The highest BCUT2D eigenvalue weighted by Crippen LogP contribution is 2.21. The SMILES string of the molecule is CCn1c(CN2CCCCCC2=O)nnc1SCC(=O)NN1C(=O)N[C@@](C)(CC)C1=O. The summed E-state index contributed by atoms with van der Waals surface area (Å²) in [6, 6.07) is -0.645. The quantitative estimate of drug-likeness (QED) is 0.446. The number of hydrogen-bond acceptors (Lipinski definition) is 7. The molecule has 0 unspecified atom stereocenters. The Balaban J connectivity index is 1.59. The zero-order valence-corrected chi connectivity index (χ0v) is 19.0. The lowest BCUT2D eigenvalue weighted by Crippen LogP contribution is -2.49. The Kier molecular flexibility index (Phi) is 7.19. The van der Waals surface area contributed by atoms with Crippen molar-refractivity contribution in [2.24, 2.45) is 0 Å². The molecule has 1 atom stereocenters. The third-order valence-corrected chi connectivity index (χ3v) is 6.62. The van der Waals surface area contributed by atoms with Gasteiger partial charge < -0.3 is 14.8 Å². The number of amides is 5. The van der Waals surface area contributed by atoms with Crippen molar-refractivity contribution in [3.05, 3.63) is 5.82 Å². The van der Waals surface area contributed by atoms with Gasteiger partial charge in [-0.25, -0.2) is 4.79 Å². The largest absolute Gasteiger partial charge is 0.344 e. The molecule has 0 aliphatic carbocycles. The van der Waals surface area contributed by atoms with Crippen molar-refractivity contribution in [2.75, 3.05) is 12.3 Å². The molecule has 2 saturated heterocycles. The molecule has 0 bridgehead atoms. The minimum atomic E-state index is -1.01. The lowest BCUT2D eigenvalue weighted by Gasteiger charge is -2.20. The Morgan fingerprint density at radius 3 is 2.65 bits per heavy atom. The molecule has 2 aliphatic heterocycles. The topological polar surface area (TPSA) is 130 Å². The molecule has 1 aromatic heterocycles. The number of imide groups is 1. The Labute approximate surface area is 185 Å². The van der Waals surface area contributed by atoms with Crippen LogP contribution in [0.2, 0.25) is 0 Å². The standard InChI is InChI=1S/C19H29N7O4S/c1-4-19(3)16(29)26(17(30)20-19)23-14(27)12-31-18-22-21-13(25(18)5-2)11-24-10-8-6-7-9-15(24)28/h4-12H2,1-3H3,(H,20,30)(H,23,27)/t19-/m0/s1. The van der Waals surface area contributed by atoms with E-state index >= 15 is 0 Å². The summed E-state index contributed by atoms with van der Waals surface area (Å²) in [4.78, 5) is 50.8. The van der Waals surface area contributed by atoms with Crippen molar-refractivity contribution < 1.29 is 19.2 Å². The van der Waals surface area contributed by atoms with E-state index < -0.39 is 23.4 Å². The molecule has 2 aliphatic rings. The molecule has 12 heteroatoms. The highest BCUT2D eigenvalue weighted by Gasteiger charge is 2.47. The van der Waals surface area contributed by atoms with Crippen LogP contribution in [-0.4, -0.2) is 66.3 Å². The first-order chi connectivity index (χ1) is 14.8. The fourth-order valence-electron chi connectivity index (χ4n) is 3.55. The second-order valence-electron chi connectivity index (χ2n) is 7.85. The molecule has 2 N–H and O–H groups in total. The van der Waals surface area contributed by atoms with Crippen LogP contribution < -0.4 is 10.7 Å². The molecule has 0 saturated carbocycles. The van der Waals surface area contributed by atoms with Gasteiger partial charge in [-0.2, -0.15) is 5.01 Å². The molecule has 5 amide bonds. The second kappa shape index (κ2) is 9.67. The summed E-state index contributed by atoms with van der Waals surface area (Å²) < 4.78 is 1.87. The molecule has 2 fully saturated rings. The van der Waals surface area contributed by atoms with Crippen LogP contribution in [0.5, 0.6) is 0 Å². The lowest BCUT2D eigenvalue weighted by molar-refractivity contribution is -0.137. The normalized spacial score (nSPS) is 22.0. The average Bonchev–Trinajstić information content (AvgIpc) is 3.14. The third-order valence-electron chi connectivity index (χ3n) is 5.65. The maximum Gasteiger partial charge on any atom is 0.344 e. The molecule has 31 heavy (non-hydrogen) atoms. The number of urea groups is 1. The Morgan fingerprint density at radius 2 is 1.97 bits per heavy atom. The molecule has 1 aromatic rings. The van der Waals surface area contributed by atoms with Gasteiger partial charge in [0.05, 0.1) is 12.3 Å². The van der Waals surface area contributed by atoms with E-state index in [4.69, 9.17) is 0 Å². The van der Waals surface area contributed by atoms with Crippen LogP contribution in [0, 0.1) is 0 Å². The molecule has 11 nitrogen and oxygen atoms in total. The summed E-state index contributed by atoms with van der Waals surface area (Å²) in [6.07, 6.45) is 3.92. The molecular weight excluding hydrogens is 422 g/mol. The van der Waals surface area contributed by atoms with Crippen molar-refractivity contribution in [1.82, 2.24) is 35.4 Å². The van der Waals surface area contributed by atoms with Crippen molar-refractivity contribution >= 4 is 35.5 Å². The maximum atomic E-state index is 12.4. The highest BCUT2D eigenvalue weighted by atomic mass is 32.2. The first-order valence-electron chi connectivity index (χ1n) is 10.6. The summed E-state index contributed by atoms with van der Waals surface area (Å²) in [5, 5.41) is 12.2. The fraction of sp³-hybridized carbons (Fsp3) is 0.684. The summed E-state index contributed by atoms with van der Waals surface area (Å²) in [6.45, 7) is 7.05. The predicted octanol–water partition coefficient (Wildman–Crippen LogP) is 1.04. The number of nitrogens with zero attached hydrogens (tertiary/aromatic N) is 5. The number of aromatic nitrogens is 3. The van der Waals surface area contributed by atoms with Gasteiger partial charge in [-0.1, -0.05) is 25.1 Å². The molecule has 3 rings (SSSR count). The van der Waals surface area contributed by atoms with E-state index in [1.165, 1.54) is 0 Å². The smallest absolute Gasteiger partial charge is 0.335 e. The van der Waals surface area contributed by atoms with Gasteiger partial charge in [-0.15, -0.1) is 10.2 Å². The first-order valence-corrected chi connectivity index (χ1v) is 11.6. The zero-order chi connectivity index (χ0) is 22.6. The van der Waals surface area contributed by atoms with Gasteiger partial charge >= 0.3 is 6.03 Å². The van der Waals surface area contributed by atoms with Gasteiger partial charge in [0, 0.05) is 19.5 Å². The van der Waals surface area contributed by atoms with Crippen molar-refractivity contribution in [3.8, 4) is 0 Å². The van der Waals surface area contributed by atoms with Crippen LogP contribution in [0.25, 0.3) is 0 Å². The lowest BCUT2D eigenvalue weighted by atomic mass is 10.00. The Bertz CT molecular complexity index is 873. The molecule has 3 heterocycles. The van der Waals surface area contributed by atoms with E-state index in [1.807, 2.05) is 16.4 Å². The van der Waals surface area contributed by atoms with Gasteiger partial charge in [0.2, 0.25) is 11.8 Å². The van der Waals surface area contributed by atoms with E-state index in [1.54, 1.807) is 13.8 Å². The number of hydrazine groups is 1. The number of thioether (sulfide) groups is 1. The van der Waals surface area contributed by atoms with E-state index in [9.17, 15) is 19.2 Å². The van der Waals surface area contributed by atoms with E-state index in [-0.39, 0.29) is 11.7 Å². The van der Waals surface area contributed by atoms with Crippen LogP contribution in [-0.2, 0) is 27.5 Å². The first kappa shape index (κ1) is 23.0. The monoisotopic (exact) mass is 451 g/mol. The fourth-order valence-corrected chi connectivity index (χ4v) is 4.36. The number of rotatable bonds is 8.